The summed E-state index contributed by atoms with van der Waals surface area (Å²) in [6.07, 6.45) is 0. The zero-order valence-corrected chi connectivity index (χ0v) is 12.2. The number of nitrogens with two attached hydrogens (primary N) is 1. The molecule has 0 unspecified atom stereocenters. The highest BCUT2D eigenvalue weighted by molar-refractivity contribution is 5.60. The summed E-state index contributed by atoms with van der Waals surface area (Å²) in [5.74, 6) is 1.58. The second-order valence-corrected chi connectivity index (χ2v) is 5.11. The van der Waals surface area contributed by atoms with Crippen molar-refractivity contribution in [2.45, 2.75) is 20.4 Å². The Labute approximate surface area is 124 Å². The van der Waals surface area contributed by atoms with Gasteiger partial charge in [-0.2, -0.15) is 0 Å². The smallest absolute Gasteiger partial charge is 0.168 e. The van der Waals surface area contributed by atoms with E-state index in [2.05, 4.69) is 42.2 Å². The van der Waals surface area contributed by atoms with E-state index in [0.29, 0.717) is 6.54 Å². The molecular formula is C17H18N4. The van der Waals surface area contributed by atoms with Crippen molar-refractivity contribution in [3.63, 3.8) is 0 Å². The Morgan fingerprint density at radius 3 is 2.38 bits per heavy atom. The first-order valence-electron chi connectivity index (χ1n) is 6.98. The zero-order valence-electron chi connectivity index (χ0n) is 12.2. The van der Waals surface area contributed by atoms with Crippen molar-refractivity contribution in [1.29, 1.82) is 0 Å². The first-order chi connectivity index (χ1) is 10.2. The quantitative estimate of drug-likeness (QED) is 0.801. The molecule has 0 aliphatic heterocycles. The third kappa shape index (κ3) is 2.45. The number of benzene rings is 2. The maximum Gasteiger partial charge on any atom is 0.168 e. The summed E-state index contributed by atoms with van der Waals surface area (Å²) >= 11 is 0. The SMILES string of the molecule is Cc1ccc(-c2nnc(CN)n2-c2ccccc2)cc1C. The Bertz CT molecular complexity index is 760. The van der Waals surface area contributed by atoms with Crippen molar-refractivity contribution in [1.82, 2.24) is 14.8 Å². The molecule has 0 radical (unpaired) electrons. The molecule has 0 bridgehead atoms. The summed E-state index contributed by atoms with van der Waals surface area (Å²) in [4.78, 5) is 0. The summed E-state index contributed by atoms with van der Waals surface area (Å²) in [6, 6.07) is 16.4. The normalized spacial score (nSPS) is 10.8. The van der Waals surface area contributed by atoms with Crippen LogP contribution in [0.2, 0.25) is 0 Å². The van der Waals surface area contributed by atoms with E-state index in [9.17, 15) is 0 Å². The summed E-state index contributed by atoms with van der Waals surface area (Å²) in [7, 11) is 0. The predicted molar refractivity (Wildman–Crippen MR) is 84.2 cm³/mol. The van der Waals surface area contributed by atoms with Gasteiger partial charge in [0, 0.05) is 11.3 Å². The molecule has 0 amide bonds. The van der Waals surface area contributed by atoms with Crippen LogP contribution in [0.1, 0.15) is 17.0 Å². The van der Waals surface area contributed by atoms with Gasteiger partial charge in [0.15, 0.2) is 11.6 Å². The molecule has 4 nitrogen and oxygen atoms in total. The van der Waals surface area contributed by atoms with Gasteiger partial charge in [-0.25, -0.2) is 0 Å². The lowest BCUT2D eigenvalue weighted by atomic mass is 10.1. The molecule has 2 aromatic carbocycles. The Balaban J connectivity index is 2.20. The third-order valence-corrected chi connectivity index (χ3v) is 3.69. The van der Waals surface area contributed by atoms with Gasteiger partial charge in [-0.05, 0) is 43.2 Å². The van der Waals surface area contributed by atoms with Gasteiger partial charge in [-0.3, -0.25) is 4.57 Å². The van der Waals surface area contributed by atoms with Crippen molar-refractivity contribution in [3.05, 3.63) is 65.5 Å². The Kier molecular flexibility index (Phi) is 3.54. The van der Waals surface area contributed by atoms with Crippen LogP contribution in [0.5, 0.6) is 0 Å². The van der Waals surface area contributed by atoms with Crippen LogP contribution in [-0.2, 0) is 6.54 Å². The minimum atomic E-state index is 0.354. The van der Waals surface area contributed by atoms with E-state index in [1.165, 1.54) is 11.1 Å². The van der Waals surface area contributed by atoms with Crippen molar-refractivity contribution in [2.24, 2.45) is 5.73 Å². The van der Waals surface area contributed by atoms with Crippen LogP contribution in [-0.4, -0.2) is 14.8 Å². The summed E-state index contributed by atoms with van der Waals surface area (Å²) < 4.78 is 2.02. The maximum absolute atomic E-state index is 5.81. The van der Waals surface area contributed by atoms with Gasteiger partial charge in [0.25, 0.3) is 0 Å². The number of nitrogens with zero attached hydrogens (tertiary/aromatic N) is 3. The van der Waals surface area contributed by atoms with Gasteiger partial charge in [0.1, 0.15) is 0 Å². The molecule has 0 saturated carbocycles. The van der Waals surface area contributed by atoms with Crippen molar-refractivity contribution in [2.75, 3.05) is 0 Å². The topological polar surface area (TPSA) is 56.7 Å². The maximum atomic E-state index is 5.81. The van der Waals surface area contributed by atoms with Crippen LogP contribution in [0.25, 0.3) is 17.1 Å². The number of para-hydroxylation sites is 1. The Morgan fingerprint density at radius 2 is 1.71 bits per heavy atom. The molecule has 106 valence electrons. The molecule has 1 aromatic heterocycles. The Morgan fingerprint density at radius 1 is 0.952 bits per heavy atom. The van der Waals surface area contributed by atoms with E-state index in [1.807, 2.05) is 34.9 Å². The molecule has 3 aromatic rings. The van der Waals surface area contributed by atoms with Gasteiger partial charge in [-0.1, -0.05) is 30.3 Å². The average molecular weight is 278 g/mol. The summed E-state index contributed by atoms with van der Waals surface area (Å²) in [6.45, 7) is 4.56. The van der Waals surface area contributed by atoms with Crippen molar-refractivity contribution >= 4 is 0 Å². The molecule has 0 aliphatic rings. The largest absolute Gasteiger partial charge is 0.324 e. The number of hydrogen-bond donors (Lipinski definition) is 1. The van der Waals surface area contributed by atoms with Crippen LogP contribution in [0.4, 0.5) is 0 Å². The first kappa shape index (κ1) is 13.5. The van der Waals surface area contributed by atoms with Gasteiger partial charge in [0.2, 0.25) is 0 Å². The molecule has 0 spiro atoms. The second-order valence-electron chi connectivity index (χ2n) is 5.11. The van der Waals surface area contributed by atoms with Crippen LogP contribution in [0, 0.1) is 13.8 Å². The van der Waals surface area contributed by atoms with Gasteiger partial charge in [0.05, 0.1) is 6.54 Å². The van der Waals surface area contributed by atoms with Gasteiger partial charge >= 0.3 is 0 Å². The van der Waals surface area contributed by atoms with E-state index < -0.39 is 0 Å². The fraction of sp³-hybridized carbons (Fsp3) is 0.176. The van der Waals surface area contributed by atoms with E-state index in [4.69, 9.17) is 5.73 Å². The molecule has 21 heavy (non-hydrogen) atoms. The summed E-state index contributed by atoms with van der Waals surface area (Å²) in [5, 5.41) is 8.56. The minimum Gasteiger partial charge on any atom is -0.324 e. The minimum absolute atomic E-state index is 0.354. The van der Waals surface area contributed by atoms with E-state index in [0.717, 1.165) is 22.9 Å². The van der Waals surface area contributed by atoms with E-state index in [-0.39, 0.29) is 0 Å². The molecule has 0 saturated heterocycles. The number of aromatic nitrogens is 3. The molecule has 0 fully saturated rings. The molecule has 0 atom stereocenters. The molecule has 1 heterocycles. The number of aryl methyl sites for hydroxylation is 2. The fourth-order valence-corrected chi connectivity index (χ4v) is 2.36. The van der Waals surface area contributed by atoms with Crippen LogP contribution >= 0.6 is 0 Å². The second kappa shape index (κ2) is 5.50. The van der Waals surface area contributed by atoms with E-state index in [1.54, 1.807) is 0 Å². The van der Waals surface area contributed by atoms with Crippen molar-refractivity contribution in [3.8, 4) is 17.1 Å². The fourth-order valence-electron chi connectivity index (χ4n) is 2.36. The lowest BCUT2D eigenvalue weighted by Crippen LogP contribution is -2.07. The number of hydrogen-bond acceptors (Lipinski definition) is 3. The zero-order chi connectivity index (χ0) is 14.8. The monoisotopic (exact) mass is 278 g/mol. The highest BCUT2D eigenvalue weighted by Gasteiger charge is 2.14. The average Bonchev–Trinajstić information content (AvgIpc) is 2.95. The number of rotatable bonds is 3. The first-order valence-corrected chi connectivity index (χ1v) is 6.98. The van der Waals surface area contributed by atoms with Crippen molar-refractivity contribution < 1.29 is 0 Å². The standard InChI is InChI=1S/C17H18N4/c1-12-8-9-14(10-13(12)2)17-20-19-16(11-18)21(17)15-6-4-3-5-7-15/h3-10H,11,18H2,1-2H3. The molecule has 3 rings (SSSR count). The predicted octanol–water partition coefficient (Wildman–Crippen LogP) is 3.01. The Hall–Kier alpha value is -2.46. The molecule has 4 heteroatoms. The molecule has 0 aliphatic carbocycles. The van der Waals surface area contributed by atoms with Gasteiger partial charge < -0.3 is 5.73 Å². The van der Waals surface area contributed by atoms with E-state index >= 15 is 0 Å². The van der Waals surface area contributed by atoms with Crippen LogP contribution in [0.15, 0.2) is 48.5 Å². The lowest BCUT2D eigenvalue weighted by Gasteiger charge is -2.10. The third-order valence-electron chi connectivity index (χ3n) is 3.69. The van der Waals surface area contributed by atoms with Crippen LogP contribution < -0.4 is 5.73 Å². The molecule has 2 N–H and O–H groups in total. The highest BCUT2D eigenvalue weighted by atomic mass is 15.3. The molecular weight excluding hydrogens is 260 g/mol. The summed E-state index contributed by atoms with van der Waals surface area (Å²) in [5.41, 5.74) is 10.4. The van der Waals surface area contributed by atoms with Crippen LogP contribution in [0.3, 0.4) is 0 Å². The lowest BCUT2D eigenvalue weighted by molar-refractivity contribution is 0.861. The van der Waals surface area contributed by atoms with Gasteiger partial charge in [-0.15, -0.1) is 10.2 Å². The highest BCUT2D eigenvalue weighted by Crippen LogP contribution is 2.24.